The third kappa shape index (κ3) is 4.22. The second kappa shape index (κ2) is 7.10. The zero-order valence-electron chi connectivity index (χ0n) is 11.3. The number of nitrogens with one attached hydrogen (secondary N) is 1. The molecule has 0 bridgehead atoms. The van der Waals surface area contributed by atoms with E-state index in [-0.39, 0.29) is 11.9 Å². The molecule has 1 atom stereocenters. The molecule has 0 aromatic carbocycles. The van der Waals surface area contributed by atoms with Gasteiger partial charge in [-0.25, -0.2) is 4.98 Å². The second-order valence-electron chi connectivity index (χ2n) is 4.61. The molecule has 3 N–H and O–H groups in total. The first-order valence-corrected chi connectivity index (χ1v) is 8.91. The van der Waals surface area contributed by atoms with Crippen LogP contribution in [0.25, 0.3) is 0 Å². The Balaban J connectivity index is 1.89. The lowest BCUT2D eigenvalue weighted by atomic mass is 10.0. The van der Waals surface area contributed by atoms with E-state index in [0.29, 0.717) is 16.8 Å². The predicted molar refractivity (Wildman–Crippen MR) is 87.3 cm³/mol. The second-order valence-corrected chi connectivity index (χ2v) is 7.93. The normalized spacial score (nSPS) is 12.6. The first-order chi connectivity index (χ1) is 9.56. The number of anilines is 1. The summed E-state index contributed by atoms with van der Waals surface area (Å²) in [5.41, 5.74) is 5.56. The molecule has 4 nitrogen and oxygen atoms in total. The van der Waals surface area contributed by atoms with Gasteiger partial charge in [-0.3, -0.25) is 4.79 Å². The van der Waals surface area contributed by atoms with E-state index in [1.807, 2.05) is 11.4 Å². The number of hydrogen-bond acceptors (Lipinski definition) is 6. The Hall–Kier alpha value is -1.05. The highest BCUT2D eigenvalue weighted by Gasteiger charge is 2.19. The SMILES string of the molecule is CC(C)C(NC(=O)CSc1cnc(N)s1)c1cccs1. The summed E-state index contributed by atoms with van der Waals surface area (Å²) in [6.45, 7) is 4.23. The summed E-state index contributed by atoms with van der Waals surface area (Å²) in [4.78, 5) is 17.2. The smallest absolute Gasteiger partial charge is 0.230 e. The Morgan fingerprint density at radius 3 is 2.90 bits per heavy atom. The molecule has 0 aliphatic heterocycles. The van der Waals surface area contributed by atoms with Crippen LogP contribution >= 0.6 is 34.4 Å². The fourth-order valence-corrected chi connectivity index (χ4v) is 4.24. The Kier molecular flexibility index (Phi) is 5.45. The summed E-state index contributed by atoms with van der Waals surface area (Å²) in [5.74, 6) is 0.784. The topological polar surface area (TPSA) is 68.0 Å². The van der Waals surface area contributed by atoms with E-state index >= 15 is 0 Å². The van der Waals surface area contributed by atoms with Crippen molar-refractivity contribution in [3.05, 3.63) is 28.6 Å². The maximum atomic E-state index is 12.1. The van der Waals surface area contributed by atoms with Crippen molar-refractivity contribution in [1.29, 1.82) is 0 Å². The monoisotopic (exact) mass is 327 g/mol. The van der Waals surface area contributed by atoms with Crippen LogP contribution in [0.5, 0.6) is 0 Å². The van der Waals surface area contributed by atoms with Crippen LogP contribution in [0.1, 0.15) is 24.8 Å². The van der Waals surface area contributed by atoms with Crippen LogP contribution in [-0.4, -0.2) is 16.6 Å². The molecule has 2 heterocycles. The fraction of sp³-hybridized carbons (Fsp3) is 0.385. The van der Waals surface area contributed by atoms with Gasteiger partial charge >= 0.3 is 0 Å². The van der Waals surface area contributed by atoms with Gasteiger partial charge in [0.05, 0.1) is 22.2 Å². The minimum atomic E-state index is 0.0362. The third-order valence-corrected chi connectivity index (χ3v) is 5.66. The van der Waals surface area contributed by atoms with Gasteiger partial charge < -0.3 is 11.1 Å². The minimum absolute atomic E-state index is 0.0362. The molecule has 0 aliphatic rings. The Morgan fingerprint density at radius 1 is 1.55 bits per heavy atom. The quantitative estimate of drug-likeness (QED) is 0.798. The first-order valence-electron chi connectivity index (χ1n) is 6.23. The predicted octanol–water partition coefficient (Wildman–Crippen LogP) is 3.39. The van der Waals surface area contributed by atoms with E-state index in [0.717, 1.165) is 4.21 Å². The zero-order chi connectivity index (χ0) is 14.5. The molecule has 20 heavy (non-hydrogen) atoms. The molecule has 0 aliphatic carbocycles. The van der Waals surface area contributed by atoms with Gasteiger partial charge in [0.15, 0.2) is 5.13 Å². The molecule has 0 radical (unpaired) electrons. The fourth-order valence-electron chi connectivity index (χ4n) is 1.73. The third-order valence-electron chi connectivity index (χ3n) is 2.68. The lowest BCUT2D eigenvalue weighted by Crippen LogP contribution is -2.32. The van der Waals surface area contributed by atoms with Crippen LogP contribution in [0, 0.1) is 5.92 Å². The number of thioether (sulfide) groups is 1. The number of hydrogen-bond donors (Lipinski definition) is 2. The highest BCUT2D eigenvalue weighted by atomic mass is 32.2. The molecule has 0 saturated carbocycles. The van der Waals surface area contributed by atoms with E-state index in [1.54, 1.807) is 17.5 Å². The van der Waals surface area contributed by atoms with Crippen LogP contribution in [0.2, 0.25) is 0 Å². The molecule has 1 unspecified atom stereocenters. The first kappa shape index (κ1) is 15.3. The summed E-state index contributed by atoms with van der Waals surface area (Å²) < 4.78 is 0.967. The lowest BCUT2D eigenvalue weighted by Gasteiger charge is -2.21. The van der Waals surface area contributed by atoms with E-state index in [9.17, 15) is 4.79 Å². The van der Waals surface area contributed by atoms with Gasteiger partial charge in [0, 0.05) is 4.88 Å². The molecule has 108 valence electrons. The number of rotatable bonds is 6. The maximum absolute atomic E-state index is 12.1. The zero-order valence-corrected chi connectivity index (χ0v) is 13.8. The molecule has 0 spiro atoms. The summed E-state index contributed by atoms with van der Waals surface area (Å²) in [6.07, 6.45) is 1.71. The molecule has 7 heteroatoms. The summed E-state index contributed by atoms with van der Waals surface area (Å²) in [6, 6.07) is 4.15. The number of nitrogens with zero attached hydrogens (tertiary/aromatic N) is 1. The summed E-state index contributed by atoms with van der Waals surface area (Å²) >= 11 is 4.55. The van der Waals surface area contributed by atoms with Crippen LogP contribution < -0.4 is 11.1 Å². The van der Waals surface area contributed by atoms with Gasteiger partial charge in [-0.05, 0) is 17.4 Å². The van der Waals surface area contributed by atoms with E-state index < -0.39 is 0 Å². The van der Waals surface area contributed by atoms with Gasteiger partial charge in [0.1, 0.15) is 0 Å². The van der Waals surface area contributed by atoms with E-state index in [1.165, 1.54) is 28.0 Å². The highest BCUT2D eigenvalue weighted by molar-refractivity contribution is 8.01. The van der Waals surface area contributed by atoms with Crippen molar-refractivity contribution in [2.75, 3.05) is 11.5 Å². The number of nitrogens with two attached hydrogens (primary N) is 1. The van der Waals surface area contributed by atoms with Crippen molar-refractivity contribution in [3.63, 3.8) is 0 Å². The van der Waals surface area contributed by atoms with Crippen LogP contribution in [-0.2, 0) is 4.79 Å². The number of nitrogen functional groups attached to an aromatic ring is 1. The number of aromatic nitrogens is 1. The molecule has 2 aromatic heterocycles. The van der Waals surface area contributed by atoms with Crippen molar-refractivity contribution < 1.29 is 4.79 Å². The van der Waals surface area contributed by atoms with Crippen molar-refractivity contribution in [2.45, 2.75) is 24.1 Å². The molecule has 0 fully saturated rings. The Labute approximate surface area is 130 Å². The van der Waals surface area contributed by atoms with E-state index in [2.05, 4.69) is 30.2 Å². The van der Waals surface area contributed by atoms with Crippen molar-refractivity contribution in [2.24, 2.45) is 5.92 Å². The number of amides is 1. The summed E-state index contributed by atoms with van der Waals surface area (Å²) in [7, 11) is 0. The van der Waals surface area contributed by atoms with Crippen molar-refractivity contribution >= 4 is 45.5 Å². The van der Waals surface area contributed by atoms with Crippen LogP contribution in [0.4, 0.5) is 5.13 Å². The van der Waals surface area contributed by atoms with Gasteiger partial charge in [-0.15, -0.1) is 23.1 Å². The van der Waals surface area contributed by atoms with Crippen LogP contribution in [0.15, 0.2) is 27.9 Å². The maximum Gasteiger partial charge on any atom is 0.230 e. The van der Waals surface area contributed by atoms with E-state index in [4.69, 9.17) is 5.73 Å². The summed E-state index contributed by atoms with van der Waals surface area (Å²) in [5, 5.41) is 5.67. The molecule has 0 saturated heterocycles. The van der Waals surface area contributed by atoms with Gasteiger partial charge in [0.2, 0.25) is 5.91 Å². The van der Waals surface area contributed by atoms with Gasteiger partial charge in [0.25, 0.3) is 0 Å². The number of carbonyl (C=O) groups excluding carboxylic acids is 1. The average molecular weight is 328 g/mol. The number of thiophene rings is 1. The van der Waals surface area contributed by atoms with Crippen molar-refractivity contribution in [1.82, 2.24) is 10.3 Å². The van der Waals surface area contributed by atoms with Gasteiger partial charge in [-0.2, -0.15) is 0 Å². The molecule has 2 aromatic rings. The minimum Gasteiger partial charge on any atom is -0.375 e. The Bertz CT molecular complexity index is 551. The van der Waals surface area contributed by atoms with Gasteiger partial charge in [-0.1, -0.05) is 31.3 Å². The van der Waals surface area contributed by atoms with Crippen LogP contribution in [0.3, 0.4) is 0 Å². The highest BCUT2D eigenvalue weighted by Crippen LogP contribution is 2.28. The molecule has 1 amide bonds. The standard InChI is InChI=1S/C13H17N3OS3/c1-8(2)12(9-4-3-5-18-9)16-10(17)7-19-11-6-15-13(14)20-11/h3-6,8,12H,7H2,1-2H3,(H2,14,15)(H,16,17). The number of carbonyl (C=O) groups is 1. The molecular formula is C13H17N3OS3. The number of thiazole rings is 1. The van der Waals surface area contributed by atoms with Crippen molar-refractivity contribution in [3.8, 4) is 0 Å². The Morgan fingerprint density at radius 2 is 2.35 bits per heavy atom. The molecule has 2 rings (SSSR count). The lowest BCUT2D eigenvalue weighted by molar-refractivity contribution is -0.119. The average Bonchev–Trinajstić information content (AvgIpc) is 3.04. The largest absolute Gasteiger partial charge is 0.375 e. The molecular weight excluding hydrogens is 310 g/mol.